The molecule has 0 heterocycles. The number of nitrogens with one attached hydrogen (secondary N) is 2. The van der Waals surface area contributed by atoms with E-state index in [1.165, 1.54) is 140 Å². The van der Waals surface area contributed by atoms with Crippen molar-refractivity contribution in [3.8, 4) is 0 Å². The van der Waals surface area contributed by atoms with Crippen LogP contribution in [0.15, 0.2) is 119 Å². The monoisotopic (exact) mass is 1050 g/mol. The Balaban J connectivity index is 0.000000399. The minimum atomic E-state index is -3.94. The molecule has 13 heteroatoms. The minimum Gasteiger partial charge on any atom is -0.330 e. The maximum absolute atomic E-state index is 13.7. The quantitative estimate of drug-likeness (QED) is 0.0257. The summed E-state index contributed by atoms with van der Waals surface area (Å²) in [5.41, 5.74) is 1.50. The summed E-state index contributed by atoms with van der Waals surface area (Å²) in [6.07, 6.45) is 47.4. The molecular formula is C58H74F4N2O4S2Ti. The van der Waals surface area contributed by atoms with Gasteiger partial charge in [-0.15, -0.1) is 49.2 Å². The molecule has 0 amide bonds. The second-order valence-corrected chi connectivity index (χ2v) is 20.8. The first-order valence-electron chi connectivity index (χ1n) is 25.3. The summed E-state index contributed by atoms with van der Waals surface area (Å²) in [6, 6.07) is 20.8. The molecule has 2 N–H and O–H groups in total. The summed E-state index contributed by atoms with van der Waals surface area (Å²) >= 11 is 0. The summed E-state index contributed by atoms with van der Waals surface area (Å²) in [6.45, 7) is 4.47. The van der Waals surface area contributed by atoms with E-state index in [-0.39, 0.29) is 42.9 Å². The van der Waals surface area contributed by atoms with Gasteiger partial charge in [0.2, 0.25) is 0 Å². The summed E-state index contributed by atoms with van der Waals surface area (Å²) in [7, 11) is -7.88. The third-order valence-corrected chi connectivity index (χ3v) is 14.3. The Labute approximate surface area is 440 Å². The molecule has 2 aliphatic rings. The number of hydrogen-bond donors (Lipinski definition) is 2. The molecule has 0 fully saturated rings. The zero-order valence-electron chi connectivity index (χ0n) is 41.8. The van der Waals surface area contributed by atoms with Crippen LogP contribution in [0.5, 0.6) is 0 Å². The molecule has 4 aromatic rings. The van der Waals surface area contributed by atoms with Crippen molar-refractivity contribution in [1.29, 1.82) is 0 Å². The van der Waals surface area contributed by atoms with Crippen LogP contribution in [-0.4, -0.2) is 16.8 Å². The average molecular weight is 1050 g/mol. The van der Waals surface area contributed by atoms with Gasteiger partial charge in [-0.25, -0.2) is 58.7 Å². The van der Waals surface area contributed by atoms with Crippen molar-refractivity contribution < 1.29 is 56.1 Å². The molecule has 0 unspecified atom stereocenters. The van der Waals surface area contributed by atoms with Crippen LogP contribution in [0.4, 0.5) is 28.9 Å². The van der Waals surface area contributed by atoms with Gasteiger partial charge in [0.05, 0.1) is 9.79 Å². The van der Waals surface area contributed by atoms with Gasteiger partial charge in [-0.2, -0.15) is 12.2 Å². The summed E-state index contributed by atoms with van der Waals surface area (Å²) in [5.74, 6) is -3.91. The van der Waals surface area contributed by atoms with E-state index in [1.54, 1.807) is 24.3 Å². The molecule has 0 spiro atoms. The first-order chi connectivity index (χ1) is 33.8. The fourth-order valence-corrected chi connectivity index (χ4v) is 9.55. The van der Waals surface area contributed by atoms with Crippen LogP contribution >= 0.6 is 0 Å². The van der Waals surface area contributed by atoms with Gasteiger partial charge in [0, 0.05) is 23.3 Å². The van der Waals surface area contributed by atoms with E-state index in [0.29, 0.717) is 0 Å². The van der Waals surface area contributed by atoms with Crippen molar-refractivity contribution in [2.75, 3.05) is 9.44 Å². The Hall–Kier alpha value is -4.23. The molecule has 0 atom stereocenters. The average Bonchev–Trinajstić information content (AvgIpc) is 4.14. The van der Waals surface area contributed by atoms with Gasteiger partial charge < -0.3 is 9.44 Å². The van der Waals surface area contributed by atoms with Crippen LogP contribution in [-0.2, 0) is 54.6 Å². The number of anilines is 2. The van der Waals surface area contributed by atoms with Crippen molar-refractivity contribution in [2.45, 2.75) is 178 Å². The van der Waals surface area contributed by atoms with Crippen LogP contribution in [0.2, 0.25) is 0 Å². The Morgan fingerprint density at radius 3 is 1.00 bits per heavy atom. The fraction of sp³-hybridized carbons (Fsp3) is 0.448. The molecule has 0 bridgehead atoms. The zero-order chi connectivity index (χ0) is 50.7. The molecule has 0 aromatic heterocycles. The number of benzene rings is 4. The van der Waals surface area contributed by atoms with Crippen molar-refractivity contribution in [3.63, 3.8) is 0 Å². The van der Waals surface area contributed by atoms with E-state index in [0.717, 1.165) is 73.9 Å². The predicted octanol–water partition coefficient (Wildman–Crippen LogP) is 16.7. The second-order valence-electron chi connectivity index (χ2n) is 17.4. The van der Waals surface area contributed by atoms with Crippen LogP contribution in [0, 0.1) is 47.6 Å². The van der Waals surface area contributed by atoms with Crippen LogP contribution in [0.1, 0.15) is 166 Å². The van der Waals surface area contributed by atoms with Gasteiger partial charge in [-0.05, 0) is 72.5 Å². The number of rotatable bonds is 28. The number of unbranched alkanes of at least 4 members (excludes halogenated alkanes) is 18. The maximum atomic E-state index is 13.7. The Kier molecular flexibility index (Phi) is 33.2. The third kappa shape index (κ3) is 28.0. The molecule has 384 valence electrons. The molecule has 6 nitrogen and oxygen atoms in total. The molecule has 0 radical (unpaired) electrons. The van der Waals surface area contributed by atoms with Crippen molar-refractivity contribution in [1.82, 2.24) is 0 Å². The van der Waals surface area contributed by atoms with Crippen molar-refractivity contribution >= 4 is 31.4 Å². The molecular weight excluding hydrogens is 977 g/mol. The number of allylic oxidation sites excluding steroid dienone is 8. The number of hydrogen-bond acceptors (Lipinski definition) is 4. The van der Waals surface area contributed by atoms with Crippen LogP contribution in [0.25, 0.3) is 0 Å². The second kappa shape index (κ2) is 37.5. The largest absolute Gasteiger partial charge is 4.00 e. The number of sulfonamides is 2. The fourth-order valence-electron chi connectivity index (χ4n) is 7.44. The SMILES string of the molecule is CCCCCCCCCCCCc1ccc(S(=O)(=O)Nc2ccc(F)[c-]c2F)cc1.CCCCCCCCCCCCc1ccc(S(=O)(=O)Nc2ccc(F)[c-]c2F)cc1.[C-]1=CC=CC1.[C-]1=CC=CC1.[Ti+4]. The van der Waals surface area contributed by atoms with Gasteiger partial charge in [0.15, 0.2) is 0 Å². The van der Waals surface area contributed by atoms with Crippen LogP contribution < -0.4 is 9.44 Å². The van der Waals surface area contributed by atoms with Crippen molar-refractivity contribution in [2.24, 2.45) is 0 Å². The first-order valence-corrected chi connectivity index (χ1v) is 28.2. The minimum absolute atomic E-state index is 0. The van der Waals surface area contributed by atoms with E-state index in [1.807, 2.05) is 36.4 Å². The molecule has 4 aromatic carbocycles. The van der Waals surface area contributed by atoms with E-state index in [4.69, 9.17) is 0 Å². The molecule has 2 aliphatic carbocycles. The van der Waals surface area contributed by atoms with E-state index in [2.05, 4.69) is 47.6 Å². The summed E-state index contributed by atoms with van der Waals surface area (Å²) in [4.78, 5) is 0.0797. The van der Waals surface area contributed by atoms with E-state index >= 15 is 0 Å². The van der Waals surface area contributed by atoms with E-state index < -0.39 is 43.3 Å². The Morgan fingerprint density at radius 2 is 0.746 bits per heavy atom. The van der Waals surface area contributed by atoms with Gasteiger partial charge >= 0.3 is 21.7 Å². The number of halogens is 4. The molecule has 0 saturated carbocycles. The van der Waals surface area contributed by atoms with Gasteiger partial charge in [0.1, 0.15) is 0 Å². The molecule has 71 heavy (non-hydrogen) atoms. The molecule has 0 aliphatic heterocycles. The zero-order valence-corrected chi connectivity index (χ0v) is 45.0. The standard InChI is InChI=1S/2C24H32F2NO2S.2C5H5.Ti/c2*1-2-3-4-5-6-7-8-9-10-11-12-20-13-16-22(17-14-20)30(28,29)27-24-18-15-21(25)19-23(24)26;2*1-2-4-5-3-1;/h2*13-18,27H,2-12H2,1H3;2*1-3H,4H2;/q4*-1;+4. The smallest absolute Gasteiger partial charge is 0.330 e. The topological polar surface area (TPSA) is 92.3 Å². The Morgan fingerprint density at radius 1 is 0.437 bits per heavy atom. The Bertz CT molecular complexity index is 2220. The summed E-state index contributed by atoms with van der Waals surface area (Å²) in [5, 5.41) is 0. The van der Waals surface area contributed by atoms with E-state index in [9.17, 15) is 34.4 Å². The normalized spacial score (nSPS) is 12.3. The third-order valence-electron chi connectivity index (χ3n) is 11.5. The summed E-state index contributed by atoms with van der Waals surface area (Å²) < 4.78 is 107. The van der Waals surface area contributed by atoms with Crippen molar-refractivity contribution in [3.05, 3.63) is 168 Å². The number of aryl methyl sites for hydroxylation is 2. The van der Waals surface area contributed by atoms with Gasteiger partial charge in [-0.3, -0.25) is 12.2 Å². The van der Waals surface area contributed by atoms with Gasteiger partial charge in [0.25, 0.3) is 20.0 Å². The van der Waals surface area contributed by atoms with Crippen LogP contribution in [0.3, 0.4) is 0 Å². The first kappa shape index (κ1) is 62.9. The van der Waals surface area contributed by atoms with Gasteiger partial charge in [-0.1, -0.05) is 154 Å². The molecule has 0 saturated heterocycles. The predicted molar refractivity (Wildman–Crippen MR) is 279 cm³/mol. The maximum Gasteiger partial charge on any atom is 4.00 e. The molecule has 6 rings (SSSR count).